The minimum Gasteiger partial charge on any atom is -0.372 e. The lowest BCUT2D eigenvalue weighted by Gasteiger charge is -2.31. The van der Waals surface area contributed by atoms with Crippen molar-refractivity contribution in [2.75, 3.05) is 25.5 Å². The Morgan fingerprint density at radius 3 is 3.00 bits per heavy atom. The van der Waals surface area contributed by atoms with Crippen molar-refractivity contribution in [2.45, 2.75) is 19.8 Å². The minimum atomic E-state index is 0.0265. The average molecular weight is 268 g/mol. The van der Waals surface area contributed by atoms with Crippen LogP contribution in [0.1, 0.15) is 30.1 Å². The number of amides is 1. The van der Waals surface area contributed by atoms with Crippen LogP contribution in [0.5, 0.6) is 0 Å². The van der Waals surface area contributed by atoms with Gasteiger partial charge in [-0.05, 0) is 24.8 Å². The van der Waals surface area contributed by atoms with Crippen molar-refractivity contribution < 1.29 is 4.79 Å². The third kappa shape index (κ3) is 2.75. The lowest BCUT2D eigenvalue weighted by Crippen LogP contribution is -2.39. The molecule has 98 valence electrons. The number of likely N-dealkylation sites (tertiary alicyclic amines) is 1. The maximum atomic E-state index is 12.3. The van der Waals surface area contributed by atoms with Gasteiger partial charge >= 0.3 is 0 Å². The second-order valence-corrected chi connectivity index (χ2v) is 5.21. The van der Waals surface area contributed by atoms with E-state index in [9.17, 15) is 4.79 Å². The molecule has 1 aliphatic rings. The third-order valence-corrected chi connectivity index (χ3v) is 3.56. The van der Waals surface area contributed by atoms with Gasteiger partial charge in [0.1, 0.15) is 5.82 Å². The zero-order valence-corrected chi connectivity index (χ0v) is 11.5. The van der Waals surface area contributed by atoms with E-state index in [-0.39, 0.29) is 5.91 Å². The fourth-order valence-electron chi connectivity index (χ4n) is 2.30. The SMILES string of the molecule is CNc1ncc(C(=O)N2CCCC(C)C2)cc1Cl. The van der Waals surface area contributed by atoms with Crippen LogP contribution in [-0.2, 0) is 0 Å². The molecule has 1 saturated heterocycles. The molecular formula is C13H18ClN3O. The number of hydrogen-bond donors (Lipinski definition) is 1. The maximum Gasteiger partial charge on any atom is 0.255 e. The number of anilines is 1. The summed E-state index contributed by atoms with van der Waals surface area (Å²) in [5, 5.41) is 3.36. The summed E-state index contributed by atoms with van der Waals surface area (Å²) in [6.07, 6.45) is 3.85. The van der Waals surface area contributed by atoms with Crippen LogP contribution < -0.4 is 5.32 Å². The van der Waals surface area contributed by atoms with Crippen LogP contribution >= 0.6 is 11.6 Å². The van der Waals surface area contributed by atoms with Crippen molar-refractivity contribution in [1.82, 2.24) is 9.88 Å². The third-order valence-electron chi connectivity index (χ3n) is 3.27. The van der Waals surface area contributed by atoms with Gasteiger partial charge in [-0.2, -0.15) is 0 Å². The van der Waals surface area contributed by atoms with Gasteiger partial charge in [-0.3, -0.25) is 4.79 Å². The fraction of sp³-hybridized carbons (Fsp3) is 0.538. The number of halogens is 1. The molecule has 18 heavy (non-hydrogen) atoms. The molecule has 1 aromatic heterocycles. The molecule has 0 spiro atoms. The summed E-state index contributed by atoms with van der Waals surface area (Å²) in [4.78, 5) is 18.3. The van der Waals surface area contributed by atoms with Gasteiger partial charge < -0.3 is 10.2 Å². The van der Waals surface area contributed by atoms with Crippen LogP contribution in [0, 0.1) is 5.92 Å². The van der Waals surface area contributed by atoms with Gasteiger partial charge in [-0.25, -0.2) is 4.98 Å². The number of nitrogens with zero attached hydrogens (tertiary/aromatic N) is 2. The molecule has 2 rings (SSSR count). The Morgan fingerprint density at radius 2 is 2.39 bits per heavy atom. The van der Waals surface area contributed by atoms with E-state index in [1.807, 2.05) is 4.90 Å². The van der Waals surface area contributed by atoms with Gasteiger partial charge in [-0.1, -0.05) is 18.5 Å². The van der Waals surface area contributed by atoms with E-state index >= 15 is 0 Å². The summed E-state index contributed by atoms with van der Waals surface area (Å²) in [7, 11) is 1.75. The number of nitrogens with one attached hydrogen (secondary N) is 1. The number of piperidine rings is 1. The largest absolute Gasteiger partial charge is 0.372 e. The van der Waals surface area contributed by atoms with Gasteiger partial charge in [0.2, 0.25) is 0 Å². The highest BCUT2D eigenvalue weighted by Crippen LogP contribution is 2.22. The highest BCUT2D eigenvalue weighted by atomic mass is 35.5. The molecule has 0 aromatic carbocycles. The second-order valence-electron chi connectivity index (χ2n) is 4.80. The standard InChI is InChI=1S/C13H18ClN3O/c1-9-4-3-5-17(8-9)13(18)10-6-11(14)12(15-2)16-7-10/h6-7,9H,3-5,8H2,1-2H3,(H,15,16). The van der Waals surface area contributed by atoms with Crippen molar-refractivity contribution in [2.24, 2.45) is 5.92 Å². The van der Waals surface area contributed by atoms with Gasteiger partial charge in [0.15, 0.2) is 0 Å². The number of pyridine rings is 1. The zero-order valence-electron chi connectivity index (χ0n) is 10.7. The summed E-state index contributed by atoms with van der Waals surface area (Å²) < 4.78 is 0. The van der Waals surface area contributed by atoms with E-state index in [1.54, 1.807) is 19.3 Å². The molecule has 1 N–H and O–H groups in total. The highest BCUT2D eigenvalue weighted by molar-refractivity contribution is 6.33. The molecule has 2 heterocycles. The Balaban J connectivity index is 2.15. The predicted molar refractivity (Wildman–Crippen MR) is 73.1 cm³/mol. The van der Waals surface area contributed by atoms with Crippen molar-refractivity contribution in [3.05, 3.63) is 22.8 Å². The number of carbonyl (C=O) groups is 1. The molecule has 0 bridgehead atoms. The Kier molecular flexibility index (Phi) is 4.07. The Hall–Kier alpha value is -1.29. The monoisotopic (exact) mass is 267 g/mol. The molecule has 5 heteroatoms. The normalized spacial score (nSPS) is 19.7. The van der Waals surface area contributed by atoms with Crippen LogP contribution in [0.2, 0.25) is 5.02 Å². The van der Waals surface area contributed by atoms with Crippen LogP contribution in [-0.4, -0.2) is 35.9 Å². The van der Waals surface area contributed by atoms with Gasteiger partial charge in [0, 0.05) is 26.3 Å². The second kappa shape index (κ2) is 5.57. The van der Waals surface area contributed by atoms with E-state index in [4.69, 9.17) is 11.6 Å². The number of aromatic nitrogens is 1. The first-order valence-corrected chi connectivity index (χ1v) is 6.62. The van der Waals surface area contributed by atoms with Crippen LogP contribution in [0.15, 0.2) is 12.3 Å². The number of carbonyl (C=O) groups excluding carboxylic acids is 1. The van der Waals surface area contributed by atoms with E-state index in [0.717, 1.165) is 19.5 Å². The smallest absolute Gasteiger partial charge is 0.255 e. The Labute approximate surface area is 112 Å². The van der Waals surface area contributed by atoms with E-state index < -0.39 is 0 Å². The summed E-state index contributed by atoms with van der Waals surface area (Å²) in [6, 6.07) is 1.68. The van der Waals surface area contributed by atoms with Crippen LogP contribution in [0.3, 0.4) is 0 Å². The van der Waals surface area contributed by atoms with Crippen molar-refractivity contribution in [3.63, 3.8) is 0 Å². The molecule has 0 aliphatic carbocycles. The zero-order chi connectivity index (χ0) is 13.1. The minimum absolute atomic E-state index is 0.0265. The average Bonchev–Trinajstić information content (AvgIpc) is 2.37. The molecule has 1 atom stereocenters. The van der Waals surface area contributed by atoms with Crippen LogP contribution in [0.4, 0.5) is 5.82 Å². The first-order valence-electron chi connectivity index (χ1n) is 6.24. The first-order chi connectivity index (χ1) is 8.61. The Morgan fingerprint density at radius 1 is 1.61 bits per heavy atom. The summed E-state index contributed by atoms with van der Waals surface area (Å²) >= 11 is 6.05. The molecular weight excluding hydrogens is 250 g/mol. The van der Waals surface area contributed by atoms with Crippen LogP contribution in [0.25, 0.3) is 0 Å². The molecule has 1 fully saturated rings. The van der Waals surface area contributed by atoms with E-state index in [0.29, 0.717) is 22.3 Å². The quantitative estimate of drug-likeness (QED) is 0.896. The van der Waals surface area contributed by atoms with E-state index in [1.165, 1.54) is 6.42 Å². The summed E-state index contributed by atoms with van der Waals surface area (Å²) in [5.74, 6) is 1.20. The molecule has 1 aliphatic heterocycles. The maximum absolute atomic E-state index is 12.3. The fourth-order valence-corrected chi connectivity index (χ4v) is 2.56. The van der Waals surface area contributed by atoms with Gasteiger partial charge in [0.05, 0.1) is 10.6 Å². The molecule has 0 saturated carbocycles. The van der Waals surface area contributed by atoms with Crippen molar-refractivity contribution in [1.29, 1.82) is 0 Å². The number of rotatable bonds is 2. The number of hydrogen-bond acceptors (Lipinski definition) is 3. The lowest BCUT2D eigenvalue weighted by atomic mass is 10.00. The lowest BCUT2D eigenvalue weighted by molar-refractivity contribution is 0.0682. The molecule has 1 unspecified atom stereocenters. The molecule has 4 nitrogen and oxygen atoms in total. The van der Waals surface area contributed by atoms with Crippen molar-refractivity contribution in [3.8, 4) is 0 Å². The topological polar surface area (TPSA) is 45.2 Å². The van der Waals surface area contributed by atoms with Gasteiger partial charge in [-0.15, -0.1) is 0 Å². The van der Waals surface area contributed by atoms with Gasteiger partial charge in [0.25, 0.3) is 5.91 Å². The molecule has 1 amide bonds. The summed E-state index contributed by atoms with van der Waals surface area (Å²) in [5.41, 5.74) is 0.563. The summed E-state index contributed by atoms with van der Waals surface area (Å²) in [6.45, 7) is 3.83. The van der Waals surface area contributed by atoms with E-state index in [2.05, 4.69) is 17.2 Å². The molecule has 1 aromatic rings. The van der Waals surface area contributed by atoms with Crippen molar-refractivity contribution >= 4 is 23.3 Å². The highest BCUT2D eigenvalue weighted by Gasteiger charge is 2.22. The Bertz CT molecular complexity index is 450. The first kappa shape index (κ1) is 13.1. The molecule has 0 radical (unpaired) electrons. The predicted octanol–water partition coefficient (Wildman–Crippen LogP) is 2.65.